The van der Waals surface area contributed by atoms with Crippen LogP contribution in [0, 0.1) is 5.92 Å². The molecule has 1 saturated carbocycles. The first kappa shape index (κ1) is 9.25. The van der Waals surface area contributed by atoms with Crippen LogP contribution in [-0.4, -0.2) is 16.1 Å². The first-order chi connectivity index (χ1) is 5.77. The Kier molecular flexibility index (Phi) is 2.95. The Morgan fingerprint density at radius 3 is 2.83 bits per heavy atom. The van der Waals surface area contributed by atoms with Crippen LogP contribution in [-0.2, 0) is 4.74 Å². The van der Waals surface area contributed by atoms with E-state index in [0.29, 0.717) is 12.2 Å². The molecule has 2 rings (SSSR count). The van der Waals surface area contributed by atoms with Crippen molar-refractivity contribution in [2.45, 2.75) is 55.2 Å². The molecule has 1 aliphatic carbocycles. The fourth-order valence-corrected chi connectivity index (χ4v) is 3.29. The lowest BCUT2D eigenvalue weighted by atomic mass is 9.81. The van der Waals surface area contributed by atoms with Gasteiger partial charge in [0.15, 0.2) is 0 Å². The molecule has 12 heavy (non-hydrogen) atoms. The van der Waals surface area contributed by atoms with Gasteiger partial charge in [-0.3, -0.25) is 0 Å². The lowest BCUT2D eigenvalue weighted by molar-refractivity contribution is -0.0840. The maximum atomic E-state index is 5.99. The molecular formula is C10H17IO. The molecule has 0 aromatic heterocycles. The van der Waals surface area contributed by atoms with E-state index in [1.54, 1.807) is 0 Å². The normalized spacial score (nSPS) is 48.5. The van der Waals surface area contributed by atoms with Crippen molar-refractivity contribution in [3.05, 3.63) is 0 Å². The van der Waals surface area contributed by atoms with Gasteiger partial charge in [-0.2, -0.15) is 0 Å². The van der Waals surface area contributed by atoms with Crippen molar-refractivity contribution in [2.75, 3.05) is 0 Å². The number of hydrogen-bond acceptors (Lipinski definition) is 1. The van der Waals surface area contributed by atoms with Crippen molar-refractivity contribution in [1.29, 1.82) is 0 Å². The van der Waals surface area contributed by atoms with Crippen LogP contribution >= 0.6 is 22.6 Å². The molecular weight excluding hydrogens is 263 g/mol. The van der Waals surface area contributed by atoms with E-state index in [9.17, 15) is 0 Å². The quantitative estimate of drug-likeness (QED) is 0.489. The zero-order chi connectivity index (χ0) is 8.55. The fraction of sp³-hybridized carbons (Fsp3) is 1.00. The maximum absolute atomic E-state index is 5.99. The number of halogens is 1. The van der Waals surface area contributed by atoms with Crippen LogP contribution in [0.2, 0.25) is 0 Å². The van der Waals surface area contributed by atoms with Crippen molar-refractivity contribution in [3.8, 4) is 0 Å². The predicted octanol–water partition coefficient (Wildman–Crippen LogP) is 3.16. The average Bonchev–Trinajstić information content (AvgIpc) is 2.07. The molecule has 0 aromatic rings. The van der Waals surface area contributed by atoms with Gasteiger partial charge in [-0.05, 0) is 32.1 Å². The number of alkyl halides is 1. The SMILES string of the molecule is CC1OC2CCCCC2CC1I. The van der Waals surface area contributed by atoms with E-state index in [-0.39, 0.29) is 0 Å². The van der Waals surface area contributed by atoms with Gasteiger partial charge >= 0.3 is 0 Å². The molecule has 2 fully saturated rings. The molecule has 1 heterocycles. The number of hydrogen-bond donors (Lipinski definition) is 0. The number of fused-ring (bicyclic) bond motifs is 1. The second-order valence-corrected chi connectivity index (χ2v) is 5.78. The summed E-state index contributed by atoms with van der Waals surface area (Å²) in [4.78, 5) is 0. The molecule has 0 bridgehead atoms. The van der Waals surface area contributed by atoms with Crippen molar-refractivity contribution in [3.63, 3.8) is 0 Å². The third-order valence-electron chi connectivity index (χ3n) is 3.27. The van der Waals surface area contributed by atoms with Gasteiger partial charge in [0.1, 0.15) is 0 Å². The van der Waals surface area contributed by atoms with E-state index in [1.165, 1.54) is 32.1 Å². The molecule has 0 amide bonds. The van der Waals surface area contributed by atoms with E-state index >= 15 is 0 Å². The molecule has 0 aromatic carbocycles. The Morgan fingerprint density at radius 2 is 2.00 bits per heavy atom. The van der Waals surface area contributed by atoms with Crippen LogP contribution in [0.25, 0.3) is 0 Å². The minimum Gasteiger partial charge on any atom is -0.374 e. The van der Waals surface area contributed by atoms with Crippen molar-refractivity contribution in [1.82, 2.24) is 0 Å². The topological polar surface area (TPSA) is 9.23 Å². The minimum atomic E-state index is 0.491. The molecule has 0 spiro atoms. The number of rotatable bonds is 0. The summed E-state index contributed by atoms with van der Waals surface area (Å²) in [5.41, 5.74) is 0. The van der Waals surface area contributed by atoms with Gasteiger partial charge in [0.2, 0.25) is 0 Å². The van der Waals surface area contributed by atoms with Gasteiger partial charge in [0.05, 0.1) is 12.2 Å². The number of ether oxygens (including phenoxy) is 1. The standard InChI is InChI=1S/C10H17IO/c1-7-9(11)6-8-4-2-3-5-10(8)12-7/h7-10H,2-6H2,1H3. The highest BCUT2D eigenvalue weighted by atomic mass is 127. The van der Waals surface area contributed by atoms with E-state index in [0.717, 1.165) is 9.84 Å². The highest BCUT2D eigenvalue weighted by Crippen LogP contribution is 2.38. The Bertz CT molecular complexity index is 142. The maximum Gasteiger partial charge on any atom is 0.0668 e. The lowest BCUT2D eigenvalue weighted by Gasteiger charge is -2.41. The van der Waals surface area contributed by atoms with E-state index in [1.807, 2.05) is 0 Å². The van der Waals surface area contributed by atoms with Crippen LogP contribution in [0.3, 0.4) is 0 Å². The Labute approximate surface area is 88.4 Å². The second-order valence-electron chi connectivity index (χ2n) is 4.18. The fourth-order valence-electron chi connectivity index (χ4n) is 2.46. The van der Waals surface area contributed by atoms with Crippen molar-refractivity contribution in [2.24, 2.45) is 5.92 Å². The van der Waals surface area contributed by atoms with Crippen LogP contribution < -0.4 is 0 Å². The molecule has 4 atom stereocenters. The zero-order valence-corrected chi connectivity index (χ0v) is 9.79. The second kappa shape index (κ2) is 3.82. The molecule has 1 saturated heterocycles. The Balaban J connectivity index is 1.98. The average molecular weight is 280 g/mol. The van der Waals surface area contributed by atoms with Crippen LogP contribution in [0.1, 0.15) is 39.0 Å². The third kappa shape index (κ3) is 1.79. The molecule has 4 unspecified atom stereocenters. The first-order valence-corrected chi connectivity index (χ1v) is 6.31. The smallest absolute Gasteiger partial charge is 0.0668 e. The van der Waals surface area contributed by atoms with Gasteiger partial charge in [-0.25, -0.2) is 0 Å². The molecule has 0 radical (unpaired) electrons. The monoisotopic (exact) mass is 280 g/mol. The summed E-state index contributed by atoms with van der Waals surface area (Å²) in [6.07, 6.45) is 8.05. The van der Waals surface area contributed by atoms with Gasteiger partial charge in [0.25, 0.3) is 0 Å². The summed E-state index contributed by atoms with van der Waals surface area (Å²) in [6, 6.07) is 0. The molecule has 2 aliphatic rings. The lowest BCUT2D eigenvalue weighted by Crippen LogP contribution is -2.41. The van der Waals surface area contributed by atoms with Crippen LogP contribution in [0.15, 0.2) is 0 Å². The highest BCUT2D eigenvalue weighted by molar-refractivity contribution is 14.1. The van der Waals surface area contributed by atoms with Gasteiger partial charge in [0, 0.05) is 3.92 Å². The molecule has 1 aliphatic heterocycles. The summed E-state index contributed by atoms with van der Waals surface area (Å²) < 4.78 is 6.75. The minimum absolute atomic E-state index is 0.491. The summed E-state index contributed by atoms with van der Waals surface area (Å²) in [5.74, 6) is 0.886. The zero-order valence-electron chi connectivity index (χ0n) is 7.63. The third-order valence-corrected chi connectivity index (χ3v) is 4.79. The van der Waals surface area contributed by atoms with E-state index in [2.05, 4.69) is 29.5 Å². The van der Waals surface area contributed by atoms with Gasteiger partial charge in [-0.15, -0.1) is 0 Å². The summed E-state index contributed by atoms with van der Waals surface area (Å²) in [7, 11) is 0. The van der Waals surface area contributed by atoms with Crippen molar-refractivity contribution >= 4 is 22.6 Å². The summed E-state index contributed by atoms with van der Waals surface area (Å²) in [5, 5.41) is 0. The highest BCUT2D eigenvalue weighted by Gasteiger charge is 2.35. The summed E-state index contributed by atoms with van der Waals surface area (Å²) in [6.45, 7) is 2.22. The predicted molar refractivity (Wildman–Crippen MR) is 58.7 cm³/mol. The van der Waals surface area contributed by atoms with E-state index in [4.69, 9.17) is 4.74 Å². The molecule has 1 nitrogen and oxygen atoms in total. The van der Waals surface area contributed by atoms with E-state index < -0.39 is 0 Å². The van der Waals surface area contributed by atoms with Crippen LogP contribution in [0.4, 0.5) is 0 Å². The Morgan fingerprint density at radius 1 is 1.25 bits per heavy atom. The Hall–Kier alpha value is 0.690. The van der Waals surface area contributed by atoms with Crippen molar-refractivity contribution < 1.29 is 4.74 Å². The molecule has 2 heteroatoms. The first-order valence-electron chi connectivity index (χ1n) is 5.07. The van der Waals surface area contributed by atoms with Crippen LogP contribution in [0.5, 0.6) is 0 Å². The molecule has 70 valence electrons. The molecule has 0 N–H and O–H groups in total. The van der Waals surface area contributed by atoms with Gasteiger partial charge < -0.3 is 4.74 Å². The van der Waals surface area contributed by atoms with Gasteiger partial charge in [-0.1, -0.05) is 35.4 Å². The largest absolute Gasteiger partial charge is 0.374 e. The summed E-state index contributed by atoms with van der Waals surface area (Å²) >= 11 is 2.55.